The van der Waals surface area contributed by atoms with Gasteiger partial charge in [0.25, 0.3) is 0 Å². The fourth-order valence-corrected chi connectivity index (χ4v) is 4.97. The van der Waals surface area contributed by atoms with Crippen LogP contribution in [0, 0.1) is 11.8 Å². The molecule has 1 aliphatic carbocycles. The second kappa shape index (κ2) is 6.28. The zero-order valence-electron chi connectivity index (χ0n) is 14.2. The SMILES string of the molecule is C[C@@H]1C[C@H](C)CN(c2ncc3c(n2)C[C@H](c2cccs2)CC3=O)C1. The lowest BCUT2D eigenvalue weighted by molar-refractivity contribution is 0.0963. The summed E-state index contributed by atoms with van der Waals surface area (Å²) in [5.41, 5.74) is 1.66. The highest BCUT2D eigenvalue weighted by molar-refractivity contribution is 7.10. The minimum atomic E-state index is 0.182. The molecule has 3 atom stereocenters. The lowest BCUT2D eigenvalue weighted by Crippen LogP contribution is -2.40. The number of nitrogens with zero attached hydrogens (tertiary/aromatic N) is 3. The summed E-state index contributed by atoms with van der Waals surface area (Å²) >= 11 is 1.73. The van der Waals surface area contributed by atoms with Gasteiger partial charge in [0.1, 0.15) is 0 Å². The number of carbonyl (C=O) groups excluding carboxylic acids is 1. The van der Waals surface area contributed by atoms with Crippen LogP contribution in [0.25, 0.3) is 0 Å². The van der Waals surface area contributed by atoms with Gasteiger partial charge in [-0.3, -0.25) is 4.79 Å². The summed E-state index contributed by atoms with van der Waals surface area (Å²) in [4.78, 5) is 25.4. The highest BCUT2D eigenvalue weighted by atomic mass is 32.1. The fraction of sp³-hybridized carbons (Fsp3) is 0.526. The van der Waals surface area contributed by atoms with Gasteiger partial charge >= 0.3 is 0 Å². The third-order valence-electron chi connectivity index (χ3n) is 5.12. The number of ketones is 1. The smallest absolute Gasteiger partial charge is 0.225 e. The Bertz CT molecular complexity index is 733. The Morgan fingerprint density at radius 3 is 2.71 bits per heavy atom. The molecule has 1 aliphatic heterocycles. The molecule has 2 aromatic rings. The number of Topliss-reactive ketones (excluding diaryl/α,β-unsaturated/α-hetero) is 1. The minimum absolute atomic E-state index is 0.182. The van der Waals surface area contributed by atoms with Crippen LogP contribution in [-0.4, -0.2) is 28.8 Å². The molecule has 0 unspecified atom stereocenters. The van der Waals surface area contributed by atoms with E-state index < -0.39 is 0 Å². The first-order valence-corrected chi connectivity index (χ1v) is 9.65. The summed E-state index contributed by atoms with van der Waals surface area (Å²) in [5, 5.41) is 2.08. The van der Waals surface area contributed by atoms with Crippen molar-refractivity contribution in [1.82, 2.24) is 9.97 Å². The number of piperidine rings is 1. The summed E-state index contributed by atoms with van der Waals surface area (Å²) in [5.74, 6) is 2.57. The number of rotatable bonds is 2. The maximum atomic E-state index is 12.5. The monoisotopic (exact) mass is 341 g/mol. The number of aromatic nitrogens is 2. The Kier molecular flexibility index (Phi) is 4.12. The largest absolute Gasteiger partial charge is 0.340 e. The number of hydrogen-bond donors (Lipinski definition) is 0. The van der Waals surface area contributed by atoms with Crippen LogP contribution in [0.2, 0.25) is 0 Å². The van der Waals surface area contributed by atoms with Crippen LogP contribution in [0.4, 0.5) is 5.95 Å². The number of carbonyl (C=O) groups is 1. The Balaban J connectivity index is 1.62. The molecule has 2 aromatic heterocycles. The standard InChI is InChI=1S/C19H23N3OS/c1-12-6-13(2)11-22(10-12)19-20-9-15-16(21-19)7-14(8-17(15)23)18-4-3-5-24-18/h3-5,9,12-14H,6-8,10-11H2,1-2H3/t12-,13+,14-/m0/s1. The number of hydrogen-bond acceptors (Lipinski definition) is 5. The summed E-state index contributed by atoms with van der Waals surface area (Å²) < 4.78 is 0. The normalized spacial score (nSPS) is 27.2. The van der Waals surface area contributed by atoms with E-state index in [1.54, 1.807) is 17.5 Å². The molecular weight excluding hydrogens is 318 g/mol. The third-order valence-corrected chi connectivity index (χ3v) is 6.16. The van der Waals surface area contributed by atoms with Crippen LogP contribution >= 0.6 is 11.3 Å². The van der Waals surface area contributed by atoms with Crippen molar-refractivity contribution < 1.29 is 4.79 Å². The third kappa shape index (κ3) is 2.97. The van der Waals surface area contributed by atoms with E-state index in [2.05, 4.69) is 41.2 Å². The van der Waals surface area contributed by atoms with Crippen molar-refractivity contribution in [2.45, 2.75) is 39.0 Å². The zero-order valence-corrected chi connectivity index (χ0v) is 15.1. The maximum absolute atomic E-state index is 12.5. The van der Waals surface area contributed by atoms with Gasteiger partial charge in [-0.1, -0.05) is 19.9 Å². The molecule has 126 valence electrons. The number of anilines is 1. The van der Waals surface area contributed by atoms with Crippen molar-refractivity contribution in [3.05, 3.63) is 39.8 Å². The molecule has 0 spiro atoms. The molecule has 3 heterocycles. The number of thiophene rings is 1. The lowest BCUT2D eigenvalue weighted by atomic mass is 9.85. The van der Waals surface area contributed by atoms with Crippen molar-refractivity contribution in [2.75, 3.05) is 18.0 Å². The van der Waals surface area contributed by atoms with Gasteiger partial charge in [0.05, 0.1) is 11.3 Å². The average Bonchev–Trinajstić information content (AvgIpc) is 3.08. The van der Waals surface area contributed by atoms with Crippen LogP contribution in [-0.2, 0) is 6.42 Å². The summed E-state index contributed by atoms with van der Waals surface area (Å²) in [7, 11) is 0. The van der Waals surface area contributed by atoms with Crippen LogP contribution in [0.1, 0.15) is 53.5 Å². The van der Waals surface area contributed by atoms with Gasteiger partial charge < -0.3 is 4.90 Å². The Labute approximate surface area is 146 Å². The van der Waals surface area contributed by atoms with Gasteiger partial charge in [0.2, 0.25) is 5.95 Å². The van der Waals surface area contributed by atoms with Gasteiger partial charge in [0, 0.05) is 36.5 Å². The molecule has 4 rings (SSSR count). The van der Waals surface area contributed by atoms with Crippen molar-refractivity contribution in [2.24, 2.45) is 11.8 Å². The van der Waals surface area contributed by atoms with E-state index >= 15 is 0 Å². The molecule has 0 N–H and O–H groups in total. The van der Waals surface area contributed by atoms with Crippen LogP contribution in [0.5, 0.6) is 0 Å². The fourth-order valence-electron chi connectivity index (χ4n) is 4.14. The van der Waals surface area contributed by atoms with Crippen molar-refractivity contribution in [3.63, 3.8) is 0 Å². The van der Waals surface area contributed by atoms with E-state index in [4.69, 9.17) is 4.98 Å². The quantitative estimate of drug-likeness (QED) is 0.830. The van der Waals surface area contributed by atoms with E-state index in [1.165, 1.54) is 11.3 Å². The molecule has 0 amide bonds. The van der Waals surface area contributed by atoms with Gasteiger partial charge in [-0.05, 0) is 36.1 Å². The molecule has 0 saturated carbocycles. The maximum Gasteiger partial charge on any atom is 0.225 e. The molecule has 5 heteroatoms. The predicted octanol–water partition coefficient (Wildman–Crippen LogP) is 3.93. The molecule has 1 fully saturated rings. The molecule has 1 saturated heterocycles. The summed E-state index contributed by atoms with van der Waals surface area (Å²) in [6.07, 6.45) is 4.44. The summed E-state index contributed by atoms with van der Waals surface area (Å²) in [6, 6.07) is 4.19. The Morgan fingerprint density at radius 2 is 2.00 bits per heavy atom. The van der Waals surface area contributed by atoms with E-state index in [0.29, 0.717) is 18.3 Å². The van der Waals surface area contributed by atoms with E-state index in [9.17, 15) is 4.79 Å². The van der Waals surface area contributed by atoms with Gasteiger partial charge in [0.15, 0.2) is 5.78 Å². The van der Waals surface area contributed by atoms with E-state index in [-0.39, 0.29) is 11.7 Å². The van der Waals surface area contributed by atoms with Crippen LogP contribution in [0.15, 0.2) is 23.7 Å². The van der Waals surface area contributed by atoms with Crippen molar-refractivity contribution in [3.8, 4) is 0 Å². The highest BCUT2D eigenvalue weighted by Crippen LogP contribution is 2.34. The molecule has 4 nitrogen and oxygen atoms in total. The Morgan fingerprint density at radius 1 is 1.21 bits per heavy atom. The molecule has 0 radical (unpaired) electrons. The van der Waals surface area contributed by atoms with E-state index in [1.807, 2.05) is 0 Å². The highest BCUT2D eigenvalue weighted by Gasteiger charge is 2.30. The zero-order chi connectivity index (χ0) is 16.7. The topological polar surface area (TPSA) is 46.1 Å². The molecule has 0 bridgehead atoms. The summed E-state index contributed by atoms with van der Waals surface area (Å²) in [6.45, 7) is 6.59. The van der Waals surface area contributed by atoms with Gasteiger partial charge in [-0.25, -0.2) is 9.97 Å². The molecule has 2 aliphatic rings. The first kappa shape index (κ1) is 15.8. The average molecular weight is 341 g/mol. The first-order chi connectivity index (χ1) is 11.6. The Hall–Kier alpha value is -1.75. The van der Waals surface area contributed by atoms with Gasteiger partial charge in [-0.2, -0.15) is 0 Å². The van der Waals surface area contributed by atoms with Crippen molar-refractivity contribution in [1.29, 1.82) is 0 Å². The second-order valence-corrected chi connectivity index (χ2v) is 8.40. The second-order valence-electron chi connectivity index (χ2n) is 7.43. The van der Waals surface area contributed by atoms with Gasteiger partial charge in [-0.15, -0.1) is 11.3 Å². The van der Waals surface area contributed by atoms with Crippen LogP contribution in [0.3, 0.4) is 0 Å². The van der Waals surface area contributed by atoms with Crippen molar-refractivity contribution >= 4 is 23.1 Å². The lowest BCUT2D eigenvalue weighted by Gasteiger charge is -2.35. The minimum Gasteiger partial charge on any atom is -0.340 e. The predicted molar refractivity (Wildman–Crippen MR) is 96.9 cm³/mol. The molecule has 24 heavy (non-hydrogen) atoms. The van der Waals surface area contributed by atoms with E-state index in [0.717, 1.165) is 36.7 Å². The number of fused-ring (bicyclic) bond motifs is 1. The first-order valence-electron chi connectivity index (χ1n) is 8.77. The molecular formula is C19H23N3OS. The molecule has 0 aromatic carbocycles. The van der Waals surface area contributed by atoms with Crippen LogP contribution < -0.4 is 4.90 Å².